The Morgan fingerprint density at radius 3 is 2.24 bits per heavy atom. The Bertz CT molecular complexity index is 615. The van der Waals surface area contributed by atoms with E-state index in [9.17, 15) is 10.0 Å². The largest absolute Gasteiger partial charge is 0.425 e. The summed E-state index contributed by atoms with van der Waals surface area (Å²) < 4.78 is 0.578. The van der Waals surface area contributed by atoms with Gasteiger partial charge in [0.2, 0.25) is 0 Å². The quantitative estimate of drug-likeness (QED) is 0.807. The first kappa shape index (κ1) is 12.0. The molecule has 1 aromatic carbocycles. The fourth-order valence-electron chi connectivity index (χ4n) is 1.60. The summed E-state index contributed by atoms with van der Waals surface area (Å²) in [7, 11) is 0. The van der Waals surface area contributed by atoms with Crippen molar-refractivity contribution >= 4 is 23.2 Å². The van der Waals surface area contributed by atoms with Gasteiger partial charge >= 0.3 is 0 Å². The van der Waals surface area contributed by atoms with E-state index in [4.69, 9.17) is 23.2 Å². The fourth-order valence-corrected chi connectivity index (χ4v) is 2.13. The molecule has 1 N–H and O–H groups in total. The standard InChI is InChI=1S/C12H9Cl2NO2/c1-7-2-11(15(17)12(16)3-7)8-4-9(13)6-10(14)5-8/h2-6,17H,1H3. The lowest BCUT2D eigenvalue weighted by atomic mass is 10.1. The van der Waals surface area contributed by atoms with Crippen LogP contribution in [0.15, 0.2) is 35.1 Å². The molecule has 0 bridgehead atoms. The number of aryl methyl sites for hydroxylation is 1. The van der Waals surface area contributed by atoms with Crippen LogP contribution < -0.4 is 5.56 Å². The molecular weight excluding hydrogens is 261 g/mol. The Balaban J connectivity index is 2.72. The van der Waals surface area contributed by atoms with Gasteiger partial charge in [-0.05, 0) is 36.8 Å². The van der Waals surface area contributed by atoms with Gasteiger partial charge in [0.1, 0.15) is 0 Å². The summed E-state index contributed by atoms with van der Waals surface area (Å²) in [4.78, 5) is 11.5. The number of aromatic nitrogens is 1. The zero-order valence-electron chi connectivity index (χ0n) is 8.95. The van der Waals surface area contributed by atoms with E-state index in [0.717, 1.165) is 5.56 Å². The summed E-state index contributed by atoms with van der Waals surface area (Å²) in [6.45, 7) is 1.77. The van der Waals surface area contributed by atoms with Gasteiger partial charge in [-0.25, -0.2) is 0 Å². The molecule has 0 atom stereocenters. The molecule has 1 aromatic heterocycles. The zero-order valence-corrected chi connectivity index (χ0v) is 10.5. The lowest BCUT2D eigenvalue weighted by Gasteiger charge is -2.08. The fraction of sp³-hybridized carbons (Fsp3) is 0.0833. The Hall–Kier alpha value is -1.45. The third-order valence-electron chi connectivity index (χ3n) is 2.31. The minimum Gasteiger partial charge on any atom is -0.425 e. The average Bonchev–Trinajstić information content (AvgIpc) is 2.22. The van der Waals surface area contributed by atoms with Gasteiger partial charge < -0.3 is 5.21 Å². The van der Waals surface area contributed by atoms with Crippen molar-refractivity contribution in [3.05, 3.63) is 56.3 Å². The van der Waals surface area contributed by atoms with Crippen molar-refractivity contribution in [2.45, 2.75) is 6.92 Å². The Morgan fingerprint density at radius 1 is 1.06 bits per heavy atom. The molecule has 0 amide bonds. The summed E-state index contributed by atoms with van der Waals surface area (Å²) >= 11 is 11.8. The molecule has 0 spiro atoms. The number of halogens is 2. The van der Waals surface area contributed by atoms with Crippen molar-refractivity contribution in [3.63, 3.8) is 0 Å². The molecule has 1 heterocycles. The smallest absolute Gasteiger partial charge is 0.283 e. The lowest BCUT2D eigenvalue weighted by Crippen LogP contribution is -2.18. The van der Waals surface area contributed by atoms with Gasteiger partial charge in [-0.3, -0.25) is 4.79 Å². The number of rotatable bonds is 1. The predicted octanol–water partition coefficient (Wildman–Crippen LogP) is 3.37. The van der Waals surface area contributed by atoms with Crippen LogP contribution in [0, 0.1) is 6.92 Å². The molecule has 0 aliphatic heterocycles. The van der Waals surface area contributed by atoms with E-state index in [-0.39, 0.29) is 0 Å². The van der Waals surface area contributed by atoms with Crippen LogP contribution in [-0.4, -0.2) is 9.94 Å². The minimum absolute atomic E-state index is 0.361. The van der Waals surface area contributed by atoms with Gasteiger partial charge in [0.05, 0.1) is 5.69 Å². The SMILES string of the molecule is Cc1cc(-c2cc(Cl)cc(Cl)c2)n(O)c(=O)c1. The highest BCUT2D eigenvalue weighted by Crippen LogP contribution is 2.26. The molecule has 5 heteroatoms. The summed E-state index contributed by atoms with van der Waals surface area (Å²) in [5.74, 6) is 0. The lowest BCUT2D eigenvalue weighted by molar-refractivity contribution is 0.179. The molecule has 0 aliphatic rings. The Labute approximate surface area is 108 Å². The molecule has 17 heavy (non-hydrogen) atoms. The zero-order chi connectivity index (χ0) is 12.6. The molecule has 88 valence electrons. The second kappa shape index (κ2) is 4.43. The second-order valence-electron chi connectivity index (χ2n) is 3.73. The molecular formula is C12H9Cl2NO2. The van der Waals surface area contributed by atoms with Crippen LogP contribution in [0.3, 0.4) is 0 Å². The van der Waals surface area contributed by atoms with Crippen molar-refractivity contribution in [2.75, 3.05) is 0 Å². The van der Waals surface area contributed by atoms with Gasteiger partial charge in [-0.15, -0.1) is 4.73 Å². The van der Waals surface area contributed by atoms with Crippen LogP contribution in [0.25, 0.3) is 11.3 Å². The van der Waals surface area contributed by atoms with E-state index < -0.39 is 5.56 Å². The number of nitrogens with zero attached hydrogens (tertiary/aromatic N) is 1. The maximum absolute atomic E-state index is 11.5. The van der Waals surface area contributed by atoms with Crippen LogP contribution in [-0.2, 0) is 0 Å². The predicted molar refractivity (Wildman–Crippen MR) is 68.1 cm³/mol. The molecule has 2 rings (SSSR count). The molecule has 3 nitrogen and oxygen atoms in total. The van der Waals surface area contributed by atoms with Crippen LogP contribution in [0.1, 0.15) is 5.56 Å². The normalized spacial score (nSPS) is 10.5. The molecule has 0 aliphatic carbocycles. The van der Waals surface area contributed by atoms with Crippen molar-refractivity contribution in [3.8, 4) is 11.3 Å². The topological polar surface area (TPSA) is 42.2 Å². The van der Waals surface area contributed by atoms with E-state index in [1.165, 1.54) is 6.07 Å². The van der Waals surface area contributed by atoms with E-state index >= 15 is 0 Å². The molecule has 0 saturated heterocycles. The van der Waals surface area contributed by atoms with Gasteiger partial charge in [-0.2, -0.15) is 0 Å². The van der Waals surface area contributed by atoms with Crippen molar-refractivity contribution in [2.24, 2.45) is 0 Å². The molecule has 0 unspecified atom stereocenters. The summed E-state index contributed by atoms with van der Waals surface area (Å²) in [5.41, 5.74) is 1.22. The maximum Gasteiger partial charge on any atom is 0.283 e. The van der Waals surface area contributed by atoms with Gasteiger partial charge in [0.15, 0.2) is 0 Å². The monoisotopic (exact) mass is 269 g/mol. The third-order valence-corrected chi connectivity index (χ3v) is 2.75. The molecule has 0 saturated carbocycles. The summed E-state index contributed by atoms with van der Waals surface area (Å²) in [5, 5.41) is 10.6. The van der Waals surface area contributed by atoms with Crippen molar-refractivity contribution in [1.82, 2.24) is 4.73 Å². The van der Waals surface area contributed by atoms with E-state index in [2.05, 4.69) is 0 Å². The first-order valence-electron chi connectivity index (χ1n) is 4.87. The first-order chi connectivity index (χ1) is 7.97. The average molecular weight is 270 g/mol. The summed E-state index contributed by atoms with van der Waals surface area (Å²) in [6, 6.07) is 7.88. The van der Waals surface area contributed by atoms with Gasteiger partial charge in [-0.1, -0.05) is 23.2 Å². The number of hydrogen-bond donors (Lipinski definition) is 1. The minimum atomic E-state index is -0.490. The van der Waals surface area contributed by atoms with E-state index in [0.29, 0.717) is 26.0 Å². The summed E-state index contributed by atoms with van der Waals surface area (Å²) in [6.07, 6.45) is 0. The van der Waals surface area contributed by atoms with Crippen LogP contribution in [0.4, 0.5) is 0 Å². The molecule has 0 fully saturated rings. The highest BCUT2D eigenvalue weighted by Gasteiger charge is 2.08. The first-order valence-corrected chi connectivity index (χ1v) is 5.62. The van der Waals surface area contributed by atoms with Crippen LogP contribution in [0.2, 0.25) is 10.0 Å². The van der Waals surface area contributed by atoms with Crippen molar-refractivity contribution in [1.29, 1.82) is 0 Å². The Kier molecular flexibility index (Phi) is 3.13. The van der Waals surface area contributed by atoms with Crippen LogP contribution in [0.5, 0.6) is 0 Å². The van der Waals surface area contributed by atoms with Crippen LogP contribution >= 0.6 is 23.2 Å². The van der Waals surface area contributed by atoms with E-state index in [1.807, 2.05) is 0 Å². The third kappa shape index (κ3) is 2.46. The highest BCUT2D eigenvalue weighted by molar-refractivity contribution is 6.35. The highest BCUT2D eigenvalue weighted by atomic mass is 35.5. The number of benzene rings is 1. The van der Waals surface area contributed by atoms with E-state index in [1.54, 1.807) is 31.2 Å². The number of pyridine rings is 1. The molecule has 0 radical (unpaired) electrons. The van der Waals surface area contributed by atoms with Gasteiger partial charge in [0, 0.05) is 21.7 Å². The second-order valence-corrected chi connectivity index (χ2v) is 4.60. The maximum atomic E-state index is 11.5. The Morgan fingerprint density at radius 2 is 1.65 bits per heavy atom. The molecule has 2 aromatic rings. The van der Waals surface area contributed by atoms with Crippen molar-refractivity contribution < 1.29 is 5.21 Å². The number of hydrogen-bond acceptors (Lipinski definition) is 2. The van der Waals surface area contributed by atoms with Gasteiger partial charge in [0.25, 0.3) is 5.56 Å².